The maximum Gasteiger partial charge on any atom is 0.476 e. The molecule has 0 N–H and O–H groups in total. The molecule has 0 heterocycles. The maximum absolute atomic E-state index is 6.40. The minimum absolute atomic E-state index is 0.658. The van der Waals surface area contributed by atoms with Gasteiger partial charge in [-0.25, -0.2) is 0 Å². The summed E-state index contributed by atoms with van der Waals surface area (Å²) >= 11 is 0. The highest BCUT2D eigenvalue weighted by Crippen LogP contribution is 2.23. The van der Waals surface area contributed by atoms with Crippen molar-refractivity contribution >= 4 is 51.4 Å². The number of rotatable bonds is 13. The lowest BCUT2D eigenvalue weighted by molar-refractivity contribution is 0.167. The van der Waals surface area contributed by atoms with Crippen molar-refractivity contribution in [2.45, 2.75) is 97.6 Å². The molecule has 164 valence electrons. The van der Waals surface area contributed by atoms with Crippen molar-refractivity contribution < 1.29 is 20.9 Å². The highest BCUT2D eigenvalue weighted by molar-refractivity contribution is 6.85. The maximum atomic E-state index is 6.40. The lowest BCUT2D eigenvalue weighted by Gasteiger charge is -2.37. The molecule has 0 aliphatic heterocycles. The van der Waals surface area contributed by atoms with E-state index in [0.29, 0.717) is 6.61 Å². The van der Waals surface area contributed by atoms with Gasteiger partial charge < -0.3 is 20.9 Å². The second kappa shape index (κ2) is 10.4. The SMILES string of the molecule is C[Si](C)(C)O[SiH](CCCO[Si](C)(O[Si](C)(C)C)O[Si](C)(C)C)O[Si](C)(C)C. The fraction of sp³-hybridized carbons (Fsp3) is 1.00. The minimum atomic E-state index is -2.61. The standard InChI is InChI=1S/C16H46O5Si6/c1-23(2,3)18-22(19-24(4,5)6)16-14-15-17-27(13,20-25(7,8)9)21-26(10,11)12/h22H,14-16H2,1-13H3. The van der Waals surface area contributed by atoms with Crippen molar-refractivity contribution in [3.63, 3.8) is 0 Å². The van der Waals surface area contributed by atoms with E-state index >= 15 is 0 Å². The van der Waals surface area contributed by atoms with Crippen LogP contribution in [0.2, 0.25) is 91.2 Å². The van der Waals surface area contributed by atoms with Crippen LogP contribution >= 0.6 is 0 Å². The van der Waals surface area contributed by atoms with Crippen molar-refractivity contribution in [1.29, 1.82) is 0 Å². The summed E-state index contributed by atoms with van der Waals surface area (Å²) < 4.78 is 31.9. The lowest BCUT2D eigenvalue weighted by Crippen LogP contribution is -2.55. The van der Waals surface area contributed by atoms with Crippen LogP contribution in [0, 0.1) is 0 Å². The van der Waals surface area contributed by atoms with E-state index < -0.39 is 51.4 Å². The highest BCUT2D eigenvalue weighted by Gasteiger charge is 2.43. The molecular formula is C16H46O5Si6. The Hall–Kier alpha value is 1.10. The molecule has 0 fully saturated rings. The first-order valence-electron chi connectivity index (χ1n) is 10.1. The molecule has 0 unspecified atom stereocenters. The summed E-state index contributed by atoms with van der Waals surface area (Å²) in [5.41, 5.74) is 0. The zero-order chi connectivity index (χ0) is 21.7. The summed E-state index contributed by atoms with van der Waals surface area (Å²) in [4.78, 5) is 0. The molecule has 0 saturated heterocycles. The minimum Gasteiger partial charge on any atom is -0.439 e. The van der Waals surface area contributed by atoms with Crippen LogP contribution in [-0.2, 0) is 20.9 Å². The zero-order valence-corrected chi connectivity index (χ0v) is 26.4. The molecule has 0 amide bonds. The van der Waals surface area contributed by atoms with E-state index in [9.17, 15) is 0 Å². The van der Waals surface area contributed by atoms with Gasteiger partial charge in [0.15, 0.2) is 33.3 Å². The Morgan fingerprint density at radius 2 is 0.926 bits per heavy atom. The van der Waals surface area contributed by atoms with Gasteiger partial charge in [0, 0.05) is 13.2 Å². The Kier molecular flexibility index (Phi) is 10.8. The predicted molar refractivity (Wildman–Crippen MR) is 132 cm³/mol. The Morgan fingerprint density at radius 1 is 0.556 bits per heavy atom. The second-order valence-electron chi connectivity index (χ2n) is 11.2. The first kappa shape index (κ1) is 28.1. The van der Waals surface area contributed by atoms with Crippen LogP contribution < -0.4 is 0 Å². The fourth-order valence-electron chi connectivity index (χ4n) is 2.63. The Morgan fingerprint density at radius 3 is 1.22 bits per heavy atom. The van der Waals surface area contributed by atoms with E-state index in [2.05, 4.69) is 85.1 Å². The molecule has 0 aliphatic carbocycles. The number of hydrogen-bond donors (Lipinski definition) is 0. The van der Waals surface area contributed by atoms with Gasteiger partial charge in [-0.2, -0.15) is 0 Å². The van der Waals surface area contributed by atoms with Gasteiger partial charge in [-0.15, -0.1) is 0 Å². The van der Waals surface area contributed by atoms with Gasteiger partial charge in [0.2, 0.25) is 0 Å². The van der Waals surface area contributed by atoms with Gasteiger partial charge >= 0.3 is 18.1 Å². The van der Waals surface area contributed by atoms with Crippen LogP contribution in [0.15, 0.2) is 0 Å². The molecule has 0 bridgehead atoms. The van der Waals surface area contributed by atoms with Gasteiger partial charge in [-0.3, -0.25) is 0 Å². The van der Waals surface area contributed by atoms with Crippen LogP contribution in [0.3, 0.4) is 0 Å². The molecule has 11 heteroatoms. The molecule has 0 aliphatic rings. The molecule has 0 aromatic carbocycles. The lowest BCUT2D eigenvalue weighted by atomic mass is 10.5. The summed E-state index contributed by atoms with van der Waals surface area (Å²) in [6, 6.07) is 0.985. The van der Waals surface area contributed by atoms with Crippen LogP contribution in [0.1, 0.15) is 6.42 Å². The van der Waals surface area contributed by atoms with Gasteiger partial charge in [0.25, 0.3) is 0 Å². The van der Waals surface area contributed by atoms with E-state index in [-0.39, 0.29) is 0 Å². The molecule has 0 aromatic heterocycles. The summed E-state index contributed by atoms with van der Waals surface area (Å²) in [7, 11) is -10.9. The fourth-order valence-corrected chi connectivity index (χ4v) is 21.4. The first-order chi connectivity index (χ1) is 11.7. The Bertz CT molecular complexity index is 405. The van der Waals surface area contributed by atoms with Crippen molar-refractivity contribution in [2.75, 3.05) is 6.61 Å². The number of hydrogen-bond acceptors (Lipinski definition) is 5. The van der Waals surface area contributed by atoms with Crippen LogP contribution in [0.5, 0.6) is 0 Å². The monoisotopic (exact) mass is 486 g/mol. The molecule has 27 heavy (non-hydrogen) atoms. The van der Waals surface area contributed by atoms with Gasteiger partial charge in [0.1, 0.15) is 0 Å². The average Bonchev–Trinajstić information content (AvgIpc) is 2.25. The van der Waals surface area contributed by atoms with Crippen molar-refractivity contribution in [3.05, 3.63) is 0 Å². The van der Waals surface area contributed by atoms with Crippen molar-refractivity contribution in [3.8, 4) is 0 Å². The quantitative estimate of drug-likeness (QED) is 0.251. The molecule has 0 atom stereocenters. The summed E-state index contributed by atoms with van der Waals surface area (Å²) in [6.45, 7) is 29.3. The molecular weight excluding hydrogens is 441 g/mol. The van der Waals surface area contributed by atoms with E-state index in [0.717, 1.165) is 12.5 Å². The van der Waals surface area contributed by atoms with Gasteiger partial charge in [0.05, 0.1) is 0 Å². The summed E-state index contributed by atoms with van der Waals surface area (Å²) in [6.07, 6.45) is 0.943. The third kappa shape index (κ3) is 17.7. The Balaban J connectivity index is 4.82. The third-order valence-corrected chi connectivity index (χ3v) is 20.1. The Labute approximate surface area is 176 Å². The predicted octanol–water partition coefficient (Wildman–Crippen LogP) is 5.59. The van der Waals surface area contributed by atoms with Gasteiger partial charge in [-0.05, 0) is 91.0 Å². The molecule has 0 spiro atoms. The average molecular weight is 487 g/mol. The third-order valence-electron chi connectivity index (χ3n) is 2.90. The molecule has 0 aromatic rings. The molecule has 0 rings (SSSR count). The van der Waals surface area contributed by atoms with E-state index in [1.54, 1.807) is 0 Å². The normalized spacial score (nSPS) is 14.9. The van der Waals surface area contributed by atoms with E-state index in [4.69, 9.17) is 20.9 Å². The topological polar surface area (TPSA) is 46.2 Å². The molecule has 5 nitrogen and oxygen atoms in total. The molecule has 0 saturated carbocycles. The second-order valence-corrected chi connectivity index (χ2v) is 35.0. The highest BCUT2D eigenvalue weighted by atomic mass is 28.5. The smallest absolute Gasteiger partial charge is 0.439 e. The van der Waals surface area contributed by atoms with Crippen LogP contribution in [-0.4, -0.2) is 58.0 Å². The molecule has 0 radical (unpaired) electrons. The largest absolute Gasteiger partial charge is 0.476 e. The first-order valence-corrected chi connectivity index (χ1v) is 27.7. The van der Waals surface area contributed by atoms with E-state index in [1.807, 2.05) is 0 Å². The van der Waals surface area contributed by atoms with E-state index in [1.165, 1.54) is 0 Å². The van der Waals surface area contributed by atoms with Crippen molar-refractivity contribution in [2.24, 2.45) is 0 Å². The van der Waals surface area contributed by atoms with Crippen LogP contribution in [0.25, 0.3) is 0 Å². The van der Waals surface area contributed by atoms with Crippen LogP contribution in [0.4, 0.5) is 0 Å². The summed E-state index contributed by atoms with van der Waals surface area (Å²) in [5, 5.41) is 0. The van der Waals surface area contributed by atoms with Gasteiger partial charge in [-0.1, -0.05) is 0 Å². The van der Waals surface area contributed by atoms with Crippen molar-refractivity contribution in [1.82, 2.24) is 0 Å². The zero-order valence-electron chi connectivity index (χ0n) is 20.2. The summed E-state index contributed by atoms with van der Waals surface area (Å²) in [5.74, 6) is 0.